The van der Waals surface area contributed by atoms with E-state index in [0.717, 1.165) is 5.69 Å². The van der Waals surface area contributed by atoms with Crippen molar-refractivity contribution in [2.75, 3.05) is 44.9 Å². The van der Waals surface area contributed by atoms with Crippen LogP contribution in [-0.2, 0) is 9.53 Å². The molecule has 6 nitrogen and oxygen atoms in total. The van der Waals surface area contributed by atoms with Gasteiger partial charge in [-0.1, -0.05) is 0 Å². The minimum atomic E-state index is -0.307. The van der Waals surface area contributed by atoms with E-state index in [4.69, 9.17) is 14.9 Å². The smallest absolute Gasteiger partial charge is 0.308 e. The Morgan fingerprint density at radius 3 is 2.25 bits per heavy atom. The van der Waals surface area contributed by atoms with Crippen molar-refractivity contribution in [3.8, 4) is 5.75 Å². The second-order valence-corrected chi connectivity index (χ2v) is 4.10. The number of anilines is 1. The van der Waals surface area contributed by atoms with Gasteiger partial charge in [0.25, 0.3) is 0 Å². The molecular formula is C14H21NO5. The predicted molar refractivity (Wildman–Crippen MR) is 75.0 cm³/mol. The fourth-order valence-corrected chi connectivity index (χ4v) is 1.72. The van der Waals surface area contributed by atoms with Crippen LogP contribution in [0.15, 0.2) is 24.3 Å². The number of esters is 1. The van der Waals surface area contributed by atoms with Crippen LogP contribution in [0.4, 0.5) is 5.69 Å². The van der Waals surface area contributed by atoms with Crippen molar-refractivity contribution in [1.82, 2.24) is 0 Å². The summed E-state index contributed by atoms with van der Waals surface area (Å²) >= 11 is 0. The van der Waals surface area contributed by atoms with Gasteiger partial charge in [-0.15, -0.1) is 0 Å². The second kappa shape index (κ2) is 9.17. The molecule has 1 aromatic carbocycles. The van der Waals surface area contributed by atoms with Crippen LogP contribution in [-0.4, -0.2) is 56.2 Å². The van der Waals surface area contributed by atoms with E-state index in [1.807, 2.05) is 17.0 Å². The molecule has 1 rings (SSSR count). The molecule has 0 amide bonds. The van der Waals surface area contributed by atoms with Gasteiger partial charge in [0.2, 0.25) is 0 Å². The van der Waals surface area contributed by atoms with Crippen molar-refractivity contribution in [3.63, 3.8) is 0 Å². The monoisotopic (exact) mass is 283 g/mol. The highest BCUT2D eigenvalue weighted by Crippen LogP contribution is 2.19. The molecular weight excluding hydrogens is 262 g/mol. The maximum absolute atomic E-state index is 10.9. The quantitative estimate of drug-likeness (QED) is 0.639. The van der Waals surface area contributed by atoms with Crippen LogP contribution in [0.25, 0.3) is 0 Å². The van der Waals surface area contributed by atoms with Gasteiger partial charge in [-0.3, -0.25) is 4.79 Å². The summed E-state index contributed by atoms with van der Waals surface area (Å²) in [6, 6.07) is 7.26. The van der Waals surface area contributed by atoms with Crippen molar-refractivity contribution in [3.05, 3.63) is 24.3 Å². The number of carbonyl (C=O) groups is 1. The minimum Gasteiger partial charge on any atom is -0.493 e. The summed E-state index contributed by atoms with van der Waals surface area (Å²) in [6.07, 6.45) is 0.208. The molecule has 0 spiro atoms. The number of ether oxygens (including phenoxy) is 2. The topological polar surface area (TPSA) is 79.2 Å². The Bertz CT molecular complexity index is 387. The van der Waals surface area contributed by atoms with Gasteiger partial charge in [0, 0.05) is 18.8 Å². The zero-order chi connectivity index (χ0) is 14.8. The molecule has 0 aliphatic carbocycles. The number of rotatable bonds is 9. The average molecular weight is 283 g/mol. The number of hydrogen-bond acceptors (Lipinski definition) is 6. The second-order valence-electron chi connectivity index (χ2n) is 4.10. The maximum atomic E-state index is 10.9. The molecule has 1 aromatic rings. The third-order valence-corrected chi connectivity index (χ3v) is 2.74. The number of methoxy groups -OCH3 is 1. The lowest BCUT2D eigenvalue weighted by Crippen LogP contribution is -2.29. The van der Waals surface area contributed by atoms with E-state index in [1.165, 1.54) is 7.11 Å². The lowest BCUT2D eigenvalue weighted by atomic mass is 10.2. The minimum absolute atomic E-state index is 0.0252. The molecule has 0 saturated heterocycles. The zero-order valence-corrected chi connectivity index (χ0v) is 11.6. The number of aliphatic hydroxyl groups excluding tert-OH is 2. The Morgan fingerprint density at radius 1 is 1.15 bits per heavy atom. The van der Waals surface area contributed by atoms with Gasteiger partial charge in [-0.25, -0.2) is 0 Å². The van der Waals surface area contributed by atoms with Crippen molar-refractivity contribution >= 4 is 11.7 Å². The number of nitrogens with zero attached hydrogens (tertiary/aromatic N) is 1. The van der Waals surface area contributed by atoms with E-state index in [0.29, 0.717) is 18.8 Å². The lowest BCUT2D eigenvalue weighted by molar-refractivity contribution is -0.141. The SMILES string of the molecule is COC(=O)CCOc1ccc(N(CCO)CCO)cc1. The maximum Gasteiger partial charge on any atom is 0.308 e. The number of aliphatic hydroxyl groups is 2. The van der Waals surface area contributed by atoms with Gasteiger partial charge >= 0.3 is 5.97 Å². The van der Waals surface area contributed by atoms with Gasteiger partial charge in [-0.05, 0) is 24.3 Å². The summed E-state index contributed by atoms with van der Waals surface area (Å²) in [5.41, 5.74) is 0.897. The molecule has 0 atom stereocenters. The van der Waals surface area contributed by atoms with E-state index in [9.17, 15) is 4.79 Å². The molecule has 0 aromatic heterocycles. The van der Waals surface area contributed by atoms with Gasteiger partial charge in [0.15, 0.2) is 0 Å². The standard InChI is InChI=1S/C14H21NO5/c1-19-14(18)6-11-20-13-4-2-12(3-5-13)15(7-9-16)8-10-17/h2-5,16-17H,6-11H2,1H3. The molecule has 0 aliphatic rings. The normalized spacial score (nSPS) is 10.2. The number of carbonyl (C=O) groups excluding carboxylic acids is 1. The van der Waals surface area contributed by atoms with Gasteiger partial charge in [0.1, 0.15) is 5.75 Å². The Hall–Kier alpha value is -1.79. The van der Waals surface area contributed by atoms with Crippen LogP contribution in [0, 0.1) is 0 Å². The van der Waals surface area contributed by atoms with E-state index < -0.39 is 0 Å². The number of hydrogen-bond donors (Lipinski definition) is 2. The molecule has 0 fully saturated rings. The first kappa shape index (κ1) is 16.3. The summed E-state index contributed by atoms with van der Waals surface area (Å²) in [5.74, 6) is 0.351. The van der Waals surface area contributed by atoms with E-state index in [2.05, 4.69) is 4.74 Å². The molecule has 0 aliphatic heterocycles. The van der Waals surface area contributed by atoms with Crippen LogP contribution in [0.5, 0.6) is 5.75 Å². The highest BCUT2D eigenvalue weighted by molar-refractivity contribution is 5.69. The fraction of sp³-hybridized carbons (Fsp3) is 0.500. The van der Waals surface area contributed by atoms with Crippen LogP contribution in [0.3, 0.4) is 0 Å². The number of benzene rings is 1. The third kappa shape index (κ3) is 5.46. The first-order valence-electron chi connectivity index (χ1n) is 6.47. The molecule has 112 valence electrons. The van der Waals surface area contributed by atoms with Crippen molar-refractivity contribution < 1.29 is 24.5 Å². The molecule has 0 saturated carbocycles. The van der Waals surface area contributed by atoms with E-state index in [1.54, 1.807) is 12.1 Å². The molecule has 2 N–H and O–H groups in total. The Balaban J connectivity index is 2.51. The molecule has 0 radical (unpaired) electrons. The summed E-state index contributed by atoms with van der Waals surface area (Å²) in [7, 11) is 1.34. The first-order chi connectivity index (χ1) is 9.71. The van der Waals surface area contributed by atoms with Crippen LogP contribution < -0.4 is 9.64 Å². The Kier molecular flexibility index (Phi) is 7.46. The third-order valence-electron chi connectivity index (χ3n) is 2.74. The summed E-state index contributed by atoms with van der Waals surface area (Å²) in [5, 5.41) is 18.0. The molecule has 20 heavy (non-hydrogen) atoms. The average Bonchev–Trinajstić information content (AvgIpc) is 2.47. The van der Waals surface area contributed by atoms with Crippen LogP contribution in [0.1, 0.15) is 6.42 Å². The van der Waals surface area contributed by atoms with Crippen molar-refractivity contribution in [1.29, 1.82) is 0 Å². The van der Waals surface area contributed by atoms with Crippen LogP contribution >= 0.6 is 0 Å². The lowest BCUT2D eigenvalue weighted by Gasteiger charge is -2.23. The van der Waals surface area contributed by atoms with Crippen molar-refractivity contribution in [2.24, 2.45) is 0 Å². The summed E-state index contributed by atoms with van der Waals surface area (Å²) in [6.45, 7) is 1.24. The van der Waals surface area contributed by atoms with E-state index >= 15 is 0 Å². The van der Waals surface area contributed by atoms with Gasteiger partial charge in [-0.2, -0.15) is 0 Å². The molecule has 0 heterocycles. The highest BCUT2D eigenvalue weighted by Gasteiger charge is 2.06. The molecule has 0 bridgehead atoms. The fourth-order valence-electron chi connectivity index (χ4n) is 1.72. The predicted octanol–water partition coefficient (Wildman–Crippen LogP) is 0.419. The van der Waals surface area contributed by atoms with Gasteiger partial charge in [0.05, 0.1) is 33.4 Å². The van der Waals surface area contributed by atoms with E-state index in [-0.39, 0.29) is 32.2 Å². The van der Waals surface area contributed by atoms with Gasteiger partial charge < -0.3 is 24.6 Å². The Morgan fingerprint density at radius 2 is 1.75 bits per heavy atom. The molecule has 6 heteroatoms. The van der Waals surface area contributed by atoms with Crippen molar-refractivity contribution in [2.45, 2.75) is 6.42 Å². The first-order valence-corrected chi connectivity index (χ1v) is 6.47. The Labute approximate surface area is 118 Å². The summed E-state index contributed by atoms with van der Waals surface area (Å²) < 4.78 is 9.93. The highest BCUT2D eigenvalue weighted by atomic mass is 16.5. The molecule has 0 unspecified atom stereocenters. The summed E-state index contributed by atoms with van der Waals surface area (Å²) in [4.78, 5) is 12.8. The largest absolute Gasteiger partial charge is 0.493 e. The van der Waals surface area contributed by atoms with Crippen LogP contribution in [0.2, 0.25) is 0 Å². The zero-order valence-electron chi connectivity index (χ0n) is 11.6.